The molecule has 0 atom stereocenters. The zero-order valence-electron chi connectivity index (χ0n) is 38.0. The first-order valence-corrected chi connectivity index (χ1v) is 23.5. The lowest BCUT2D eigenvalue weighted by Crippen LogP contribution is -2.07. The molecule has 0 fully saturated rings. The minimum atomic E-state index is -4.75. The molecule has 0 aliphatic heterocycles. The van der Waals surface area contributed by atoms with Gasteiger partial charge in [0.05, 0.1) is 84.3 Å². The second kappa shape index (κ2) is 15.3. The Morgan fingerprint density at radius 2 is 0.694 bits per heavy atom. The van der Waals surface area contributed by atoms with Gasteiger partial charge in [-0.2, -0.15) is 23.7 Å². The highest BCUT2D eigenvalue weighted by Crippen LogP contribution is 2.44. The van der Waals surface area contributed by atoms with E-state index in [1.807, 2.05) is 60.7 Å². The molecule has 0 bridgehead atoms. The second-order valence-corrected chi connectivity index (χ2v) is 18.3. The van der Waals surface area contributed by atoms with E-state index in [9.17, 15) is 23.7 Å². The van der Waals surface area contributed by atoms with Gasteiger partial charge in [0.1, 0.15) is 0 Å². The van der Waals surface area contributed by atoms with E-state index in [-0.39, 0.29) is 22.3 Å². The van der Waals surface area contributed by atoms with Crippen LogP contribution in [0.5, 0.6) is 0 Å². The summed E-state index contributed by atoms with van der Waals surface area (Å²) in [4.78, 5) is 0. The highest BCUT2D eigenvalue weighted by atomic mass is 19.4. The Bertz CT molecular complexity index is 4610. The van der Waals surface area contributed by atoms with Crippen LogP contribution in [0.4, 0.5) is 13.2 Å². The Balaban J connectivity index is 1.13. The lowest BCUT2D eigenvalue weighted by Gasteiger charge is -2.20. The predicted molar refractivity (Wildman–Crippen MR) is 284 cm³/mol. The lowest BCUT2D eigenvalue weighted by atomic mass is 9.95. The van der Waals surface area contributed by atoms with E-state index in [0.29, 0.717) is 11.4 Å². The van der Waals surface area contributed by atoms with Crippen molar-refractivity contribution in [1.29, 1.82) is 10.5 Å². The van der Waals surface area contributed by atoms with Crippen LogP contribution in [0.2, 0.25) is 0 Å². The van der Waals surface area contributed by atoms with Gasteiger partial charge in [-0.05, 0) is 96.6 Å². The number of benzene rings is 10. The first kappa shape index (κ1) is 41.2. The molecule has 0 aliphatic rings. The maximum absolute atomic E-state index is 14.7. The first-order chi connectivity index (χ1) is 35.3. The summed E-state index contributed by atoms with van der Waals surface area (Å²) < 4.78 is 52.9. The molecule has 0 spiro atoms. The molecule has 0 radical (unpaired) electrons. The fraction of sp³-hybridized carbons (Fsp3) is 0.0159. The second-order valence-electron chi connectivity index (χ2n) is 18.3. The van der Waals surface area contributed by atoms with Crippen LogP contribution in [0.3, 0.4) is 0 Å². The number of hydrogen-bond donors (Lipinski definition) is 0. The fourth-order valence-electron chi connectivity index (χ4n) is 11.4. The lowest BCUT2D eigenvalue weighted by molar-refractivity contribution is -0.137. The molecule has 14 aromatic rings. The summed E-state index contributed by atoms with van der Waals surface area (Å²) in [6.07, 6.45) is -4.75. The van der Waals surface area contributed by atoms with Gasteiger partial charge >= 0.3 is 6.18 Å². The van der Waals surface area contributed by atoms with Crippen molar-refractivity contribution in [3.63, 3.8) is 0 Å². The molecule has 4 heterocycles. The van der Waals surface area contributed by atoms with E-state index in [1.165, 1.54) is 6.07 Å². The van der Waals surface area contributed by atoms with Crippen LogP contribution in [0, 0.1) is 22.7 Å². The van der Waals surface area contributed by atoms with Crippen molar-refractivity contribution in [1.82, 2.24) is 18.3 Å². The predicted octanol–water partition coefficient (Wildman–Crippen LogP) is 16.5. The van der Waals surface area contributed by atoms with Gasteiger partial charge in [-0.15, -0.1) is 0 Å². The van der Waals surface area contributed by atoms with Crippen molar-refractivity contribution in [2.24, 2.45) is 0 Å². The highest BCUT2D eigenvalue weighted by Gasteiger charge is 2.32. The van der Waals surface area contributed by atoms with Crippen LogP contribution in [-0.4, -0.2) is 18.3 Å². The van der Waals surface area contributed by atoms with Crippen LogP contribution < -0.4 is 0 Å². The third-order valence-electron chi connectivity index (χ3n) is 14.4. The van der Waals surface area contributed by atoms with E-state index in [2.05, 4.69) is 158 Å². The normalized spacial score (nSPS) is 12.1. The molecule has 72 heavy (non-hydrogen) atoms. The Morgan fingerprint density at radius 3 is 1.07 bits per heavy atom. The number of hydrogen-bond acceptors (Lipinski definition) is 2. The molecule has 0 unspecified atom stereocenters. The monoisotopic (exact) mass is 932 g/mol. The zero-order chi connectivity index (χ0) is 48.4. The molecule has 14 rings (SSSR count). The van der Waals surface area contributed by atoms with Crippen LogP contribution in [0.25, 0.3) is 121 Å². The van der Waals surface area contributed by atoms with Crippen LogP contribution in [0.1, 0.15) is 16.7 Å². The number of alkyl halides is 3. The fourth-order valence-corrected chi connectivity index (χ4v) is 11.4. The summed E-state index contributed by atoms with van der Waals surface area (Å²) in [5.41, 5.74) is 10.1. The molecular weight excluding hydrogens is 898 g/mol. The van der Waals surface area contributed by atoms with Gasteiger partial charge in [-0.1, -0.05) is 121 Å². The van der Waals surface area contributed by atoms with Crippen molar-refractivity contribution in [2.45, 2.75) is 6.18 Å². The number of para-hydroxylation sites is 6. The molecule has 0 saturated heterocycles. The molecule has 0 saturated carbocycles. The number of halogens is 3. The summed E-state index contributed by atoms with van der Waals surface area (Å²) in [6.45, 7) is 0. The molecule has 6 nitrogen and oxygen atoms in total. The molecule has 10 aromatic carbocycles. The summed E-state index contributed by atoms with van der Waals surface area (Å²) in [6, 6.07) is 74.0. The summed E-state index contributed by atoms with van der Waals surface area (Å²) in [5.74, 6) is 0. The molecule has 9 heteroatoms. The van der Waals surface area contributed by atoms with Crippen LogP contribution in [-0.2, 0) is 6.18 Å². The van der Waals surface area contributed by atoms with Crippen molar-refractivity contribution in [2.75, 3.05) is 0 Å². The molecule has 0 aliphatic carbocycles. The molecule has 4 aromatic heterocycles. The average Bonchev–Trinajstić information content (AvgIpc) is 4.15. The van der Waals surface area contributed by atoms with Crippen molar-refractivity contribution in [3.8, 4) is 46.0 Å². The average molecular weight is 933 g/mol. The van der Waals surface area contributed by atoms with E-state index < -0.39 is 11.7 Å². The van der Waals surface area contributed by atoms with Gasteiger partial charge in [0.15, 0.2) is 0 Å². The number of aromatic nitrogens is 4. The Kier molecular flexibility index (Phi) is 8.77. The zero-order valence-corrected chi connectivity index (χ0v) is 38.0. The molecule has 0 amide bonds. The Hall–Kier alpha value is -9.83. The van der Waals surface area contributed by atoms with Crippen molar-refractivity contribution in [3.05, 3.63) is 229 Å². The third-order valence-corrected chi connectivity index (χ3v) is 14.4. The van der Waals surface area contributed by atoms with Gasteiger partial charge in [-0.25, -0.2) is 0 Å². The van der Waals surface area contributed by atoms with Gasteiger partial charge in [0, 0.05) is 60.0 Å². The van der Waals surface area contributed by atoms with E-state index >= 15 is 0 Å². The summed E-state index contributed by atoms with van der Waals surface area (Å²) in [7, 11) is 0. The summed E-state index contributed by atoms with van der Waals surface area (Å²) >= 11 is 0. The van der Waals surface area contributed by atoms with E-state index in [4.69, 9.17) is 0 Å². The minimum absolute atomic E-state index is 0.105. The minimum Gasteiger partial charge on any atom is -0.309 e. The quantitative estimate of drug-likeness (QED) is 0.173. The first-order valence-electron chi connectivity index (χ1n) is 23.5. The third kappa shape index (κ3) is 5.95. The topological polar surface area (TPSA) is 67.3 Å². The highest BCUT2D eigenvalue weighted by molar-refractivity contribution is 6.14. The maximum atomic E-state index is 14.7. The smallest absolute Gasteiger partial charge is 0.309 e. The van der Waals surface area contributed by atoms with Gasteiger partial charge in [0.25, 0.3) is 0 Å². The van der Waals surface area contributed by atoms with E-state index in [0.717, 1.165) is 111 Å². The number of rotatable bonds is 5. The van der Waals surface area contributed by atoms with Gasteiger partial charge < -0.3 is 18.3 Å². The van der Waals surface area contributed by atoms with Crippen LogP contribution >= 0.6 is 0 Å². The van der Waals surface area contributed by atoms with Gasteiger partial charge in [0.2, 0.25) is 0 Å². The van der Waals surface area contributed by atoms with Crippen LogP contribution in [0.15, 0.2) is 212 Å². The maximum Gasteiger partial charge on any atom is 0.416 e. The molecule has 338 valence electrons. The standard InChI is InChI=1S/C63H35F3N6/c64-63(65,66)41-30-38(36-67)29-39(31-41)52-35-62(72-58-24-12-6-18-49(58)51-28-26-43(34-60(51)72)70-55-21-9-3-15-46(55)47-16-4-10-22-56(47)70)61(32-40(52)37-68)71-57-23-11-5-17-48(57)50-27-25-42(33-59(50)71)69-53-19-7-1-13-44(53)45-14-2-8-20-54(45)69/h1-35H. The largest absolute Gasteiger partial charge is 0.416 e. The molecule has 0 N–H and O–H groups in total. The Morgan fingerprint density at radius 1 is 0.333 bits per heavy atom. The van der Waals surface area contributed by atoms with E-state index in [1.54, 1.807) is 6.07 Å². The number of nitriles is 2. The molecular formula is C63H35F3N6. The van der Waals surface area contributed by atoms with Crippen molar-refractivity contribution < 1.29 is 13.2 Å². The number of fused-ring (bicyclic) bond motifs is 12. The van der Waals surface area contributed by atoms with Gasteiger partial charge in [-0.3, -0.25) is 0 Å². The number of nitrogens with zero attached hydrogens (tertiary/aromatic N) is 6. The SMILES string of the molecule is N#Cc1cc(-c2cc(-n3c4ccccc4c4ccc(-n5c6ccccc6c6ccccc65)cc43)c(-n3c4ccccc4c4ccc(-n5c6ccccc6c6ccccc65)cc43)cc2C#N)cc(C(F)(F)F)c1. The van der Waals surface area contributed by atoms with Crippen molar-refractivity contribution >= 4 is 87.2 Å². The summed E-state index contributed by atoms with van der Waals surface area (Å²) in [5, 5.41) is 29.7. The Labute approximate surface area is 408 Å².